The van der Waals surface area contributed by atoms with Crippen LogP contribution < -0.4 is 10.1 Å². The largest absolute Gasteiger partial charge is 0.481 e. The Morgan fingerprint density at radius 2 is 2.25 bits per heavy atom. The summed E-state index contributed by atoms with van der Waals surface area (Å²) in [5, 5.41) is 3.36. The van der Waals surface area contributed by atoms with Crippen LogP contribution in [0.15, 0.2) is 6.07 Å². The standard InChI is InChI=1S/C15H26N4O/c1-12-7-4-5-9-19(12)10-6-8-16-14-11-15(20-3)18-13(2)17-14/h11-12H,4-10H2,1-3H3,(H,16,17,18). The predicted molar refractivity (Wildman–Crippen MR) is 81.3 cm³/mol. The molecule has 1 N–H and O–H groups in total. The molecule has 112 valence electrons. The highest BCUT2D eigenvalue weighted by molar-refractivity contribution is 5.38. The summed E-state index contributed by atoms with van der Waals surface area (Å²) < 4.78 is 5.15. The van der Waals surface area contributed by atoms with Gasteiger partial charge in [0, 0.05) is 25.2 Å². The van der Waals surface area contributed by atoms with E-state index in [0.29, 0.717) is 5.88 Å². The summed E-state index contributed by atoms with van der Waals surface area (Å²) in [6.07, 6.45) is 5.21. The fourth-order valence-electron chi connectivity index (χ4n) is 2.72. The molecule has 5 heteroatoms. The number of hydrogen-bond acceptors (Lipinski definition) is 5. The molecule has 2 rings (SSSR count). The van der Waals surface area contributed by atoms with Crippen LogP contribution in [0, 0.1) is 6.92 Å². The molecule has 1 saturated heterocycles. The normalized spacial score (nSPS) is 19.9. The van der Waals surface area contributed by atoms with Crippen molar-refractivity contribution in [2.75, 3.05) is 32.1 Å². The summed E-state index contributed by atoms with van der Waals surface area (Å²) in [5.74, 6) is 2.20. The van der Waals surface area contributed by atoms with E-state index >= 15 is 0 Å². The van der Waals surface area contributed by atoms with E-state index in [1.165, 1.54) is 25.8 Å². The Bertz CT molecular complexity index is 424. The highest BCUT2D eigenvalue weighted by atomic mass is 16.5. The topological polar surface area (TPSA) is 50.3 Å². The van der Waals surface area contributed by atoms with Crippen LogP contribution in [0.5, 0.6) is 5.88 Å². The van der Waals surface area contributed by atoms with Gasteiger partial charge in [-0.05, 0) is 39.7 Å². The number of aryl methyl sites for hydroxylation is 1. The first kappa shape index (κ1) is 15.0. The summed E-state index contributed by atoms with van der Waals surface area (Å²) in [7, 11) is 1.63. The molecule has 1 fully saturated rings. The van der Waals surface area contributed by atoms with Crippen LogP contribution in [0.1, 0.15) is 38.4 Å². The van der Waals surface area contributed by atoms with Crippen LogP contribution in [0.4, 0.5) is 5.82 Å². The number of nitrogens with one attached hydrogen (secondary N) is 1. The number of likely N-dealkylation sites (tertiary alicyclic amines) is 1. The van der Waals surface area contributed by atoms with E-state index in [2.05, 4.69) is 27.1 Å². The van der Waals surface area contributed by atoms with E-state index in [1.807, 2.05) is 13.0 Å². The van der Waals surface area contributed by atoms with Crippen molar-refractivity contribution in [1.29, 1.82) is 0 Å². The minimum absolute atomic E-state index is 0.615. The lowest BCUT2D eigenvalue weighted by atomic mass is 10.0. The van der Waals surface area contributed by atoms with Crippen LogP contribution in [0.2, 0.25) is 0 Å². The van der Waals surface area contributed by atoms with Crippen molar-refractivity contribution < 1.29 is 4.74 Å². The van der Waals surface area contributed by atoms with E-state index in [4.69, 9.17) is 4.74 Å². The van der Waals surface area contributed by atoms with Crippen LogP contribution in [-0.4, -0.2) is 47.7 Å². The molecule has 0 aromatic carbocycles. The van der Waals surface area contributed by atoms with E-state index in [9.17, 15) is 0 Å². The summed E-state index contributed by atoms with van der Waals surface area (Å²) in [4.78, 5) is 11.1. The zero-order valence-electron chi connectivity index (χ0n) is 12.9. The van der Waals surface area contributed by atoms with Gasteiger partial charge in [0.05, 0.1) is 7.11 Å². The maximum Gasteiger partial charge on any atom is 0.218 e. The van der Waals surface area contributed by atoms with Crippen LogP contribution in [-0.2, 0) is 0 Å². The fourth-order valence-corrected chi connectivity index (χ4v) is 2.72. The van der Waals surface area contributed by atoms with E-state index in [1.54, 1.807) is 7.11 Å². The Balaban J connectivity index is 1.74. The second-order valence-corrected chi connectivity index (χ2v) is 5.50. The second-order valence-electron chi connectivity index (χ2n) is 5.50. The predicted octanol–water partition coefficient (Wildman–Crippen LogP) is 2.47. The van der Waals surface area contributed by atoms with Gasteiger partial charge in [-0.15, -0.1) is 0 Å². The number of piperidine rings is 1. The third-order valence-corrected chi connectivity index (χ3v) is 3.89. The smallest absolute Gasteiger partial charge is 0.218 e. The Labute approximate surface area is 121 Å². The third kappa shape index (κ3) is 4.34. The molecule has 5 nitrogen and oxygen atoms in total. The van der Waals surface area contributed by atoms with Gasteiger partial charge in [-0.3, -0.25) is 0 Å². The molecule has 1 aliphatic heterocycles. The molecule has 1 aliphatic rings. The van der Waals surface area contributed by atoms with Crippen molar-refractivity contribution in [3.8, 4) is 5.88 Å². The van der Waals surface area contributed by atoms with Crippen molar-refractivity contribution in [1.82, 2.24) is 14.9 Å². The van der Waals surface area contributed by atoms with Gasteiger partial charge in [-0.2, -0.15) is 4.98 Å². The molecule has 0 spiro atoms. The summed E-state index contributed by atoms with van der Waals surface area (Å²) in [6, 6.07) is 2.58. The van der Waals surface area contributed by atoms with Gasteiger partial charge < -0.3 is 15.0 Å². The van der Waals surface area contributed by atoms with Crippen molar-refractivity contribution in [2.24, 2.45) is 0 Å². The van der Waals surface area contributed by atoms with E-state index in [-0.39, 0.29) is 0 Å². The van der Waals surface area contributed by atoms with Gasteiger partial charge in [0.2, 0.25) is 5.88 Å². The zero-order chi connectivity index (χ0) is 14.4. The SMILES string of the molecule is COc1cc(NCCCN2CCCCC2C)nc(C)n1. The minimum atomic E-state index is 0.615. The van der Waals surface area contributed by atoms with E-state index in [0.717, 1.165) is 37.2 Å². The second kappa shape index (κ2) is 7.43. The molecule has 0 saturated carbocycles. The lowest BCUT2D eigenvalue weighted by Gasteiger charge is -2.33. The number of aromatic nitrogens is 2. The number of anilines is 1. The fraction of sp³-hybridized carbons (Fsp3) is 0.733. The van der Waals surface area contributed by atoms with Gasteiger partial charge in [0.15, 0.2) is 0 Å². The molecule has 0 amide bonds. The molecule has 1 unspecified atom stereocenters. The molecule has 0 radical (unpaired) electrons. The maximum absolute atomic E-state index is 5.15. The van der Waals surface area contributed by atoms with Gasteiger partial charge >= 0.3 is 0 Å². The number of methoxy groups -OCH3 is 1. The summed E-state index contributed by atoms with van der Waals surface area (Å²) in [6.45, 7) is 7.56. The van der Waals surface area contributed by atoms with Gasteiger partial charge in [0.25, 0.3) is 0 Å². The van der Waals surface area contributed by atoms with Crippen molar-refractivity contribution >= 4 is 5.82 Å². The first-order valence-electron chi connectivity index (χ1n) is 7.56. The molecule has 1 aromatic heterocycles. The van der Waals surface area contributed by atoms with Crippen LogP contribution >= 0.6 is 0 Å². The number of nitrogens with zero attached hydrogens (tertiary/aromatic N) is 3. The zero-order valence-corrected chi connectivity index (χ0v) is 12.9. The lowest BCUT2D eigenvalue weighted by molar-refractivity contribution is 0.160. The molecule has 1 aromatic rings. The highest BCUT2D eigenvalue weighted by Crippen LogP contribution is 2.16. The van der Waals surface area contributed by atoms with Gasteiger partial charge in [-0.1, -0.05) is 6.42 Å². The minimum Gasteiger partial charge on any atom is -0.481 e. The number of hydrogen-bond donors (Lipinski definition) is 1. The van der Waals surface area contributed by atoms with Crippen molar-refractivity contribution in [3.63, 3.8) is 0 Å². The molecule has 0 bridgehead atoms. The Hall–Kier alpha value is -1.36. The van der Waals surface area contributed by atoms with Crippen LogP contribution in [0.3, 0.4) is 0 Å². The van der Waals surface area contributed by atoms with Crippen LogP contribution in [0.25, 0.3) is 0 Å². The Morgan fingerprint density at radius 3 is 3.00 bits per heavy atom. The monoisotopic (exact) mass is 278 g/mol. The first-order chi connectivity index (χ1) is 9.69. The average molecular weight is 278 g/mol. The third-order valence-electron chi connectivity index (χ3n) is 3.89. The van der Waals surface area contributed by atoms with Crippen molar-refractivity contribution in [3.05, 3.63) is 11.9 Å². The van der Waals surface area contributed by atoms with Gasteiger partial charge in [-0.25, -0.2) is 4.98 Å². The lowest BCUT2D eigenvalue weighted by Crippen LogP contribution is -2.38. The molecular formula is C15H26N4O. The summed E-state index contributed by atoms with van der Waals surface area (Å²) >= 11 is 0. The Kier molecular flexibility index (Phi) is 5.59. The highest BCUT2D eigenvalue weighted by Gasteiger charge is 2.16. The quantitative estimate of drug-likeness (QED) is 0.810. The van der Waals surface area contributed by atoms with Gasteiger partial charge in [0.1, 0.15) is 11.6 Å². The molecule has 1 atom stereocenters. The summed E-state index contributed by atoms with van der Waals surface area (Å²) in [5.41, 5.74) is 0. The molecular weight excluding hydrogens is 252 g/mol. The molecule has 2 heterocycles. The molecule has 0 aliphatic carbocycles. The van der Waals surface area contributed by atoms with E-state index < -0.39 is 0 Å². The Morgan fingerprint density at radius 1 is 1.40 bits per heavy atom. The first-order valence-corrected chi connectivity index (χ1v) is 7.56. The number of ether oxygens (including phenoxy) is 1. The van der Waals surface area contributed by atoms with Crippen molar-refractivity contribution in [2.45, 2.75) is 45.6 Å². The average Bonchev–Trinajstić information content (AvgIpc) is 2.44. The number of rotatable bonds is 6. The maximum atomic E-state index is 5.15. The molecule has 20 heavy (non-hydrogen) atoms.